The van der Waals surface area contributed by atoms with Gasteiger partial charge >= 0.3 is 5.97 Å². The van der Waals surface area contributed by atoms with Gasteiger partial charge in [-0.1, -0.05) is 30.3 Å². The maximum absolute atomic E-state index is 12.3. The first kappa shape index (κ1) is 15.9. The van der Waals surface area contributed by atoms with Crippen molar-refractivity contribution >= 4 is 5.97 Å². The summed E-state index contributed by atoms with van der Waals surface area (Å²) in [6.45, 7) is 3.77. The average Bonchev–Trinajstić information content (AvgIpc) is 2.51. The van der Waals surface area contributed by atoms with Crippen LogP contribution in [0, 0.1) is 0 Å². The highest BCUT2D eigenvalue weighted by atomic mass is 16.6. The summed E-state index contributed by atoms with van der Waals surface area (Å²) in [5.74, 6) is 0.240. The van der Waals surface area contributed by atoms with Crippen LogP contribution in [0.2, 0.25) is 0 Å². The van der Waals surface area contributed by atoms with Crippen molar-refractivity contribution in [3.63, 3.8) is 0 Å². The first-order valence-electron chi connectivity index (χ1n) is 7.23. The molecule has 0 aliphatic carbocycles. The minimum atomic E-state index is -1.13. The van der Waals surface area contributed by atoms with Crippen molar-refractivity contribution in [3.05, 3.63) is 60.2 Å². The predicted molar refractivity (Wildman–Crippen MR) is 83.9 cm³/mol. The van der Waals surface area contributed by atoms with Gasteiger partial charge in [-0.15, -0.1) is 0 Å². The monoisotopic (exact) mass is 300 g/mol. The lowest BCUT2D eigenvalue weighted by Crippen LogP contribution is -2.45. The summed E-state index contributed by atoms with van der Waals surface area (Å²) in [5, 5.41) is 9.34. The molecule has 0 amide bonds. The first-order valence-corrected chi connectivity index (χ1v) is 7.23. The molecule has 22 heavy (non-hydrogen) atoms. The second-order valence-electron chi connectivity index (χ2n) is 5.21. The fourth-order valence-corrected chi connectivity index (χ4v) is 2.19. The van der Waals surface area contributed by atoms with Crippen molar-refractivity contribution in [1.29, 1.82) is 0 Å². The lowest BCUT2D eigenvalue weighted by atomic mass is 9.96. The van der Waals surface area contributed by atoms with Gasteiger partial charge in [0.05, 0.1) is 6.61 Å². The fourth-order valence-electron chi connectivity index (χ4n) is 2.19. The predicted octanol–water partition coefficient (Wildman–Crippen LogP) is 3.34. The molecule has 2 aromatic rings. The maximum Gasteiger partial charge on any atom is 0.350 e. The molecule has 0 saturated carbocycles. The summed E-state index contributed by atoms with van der Waals surface area (Å²) >= 11 is 0. The van der Waals surface area contributed by atoms with Crippen LogP contribution in [0.3, 0.4) is 0 Å². The van der Waals surface area contributed by atoms with Gasteiger partial charge in [0, 0.05) is 6.42 Å². The van der Waals surface area contributed by atoms with Crippen LogP contribution in [-0.4, -0.2) is 23.3 Å². The molecule has 0 aliphatic heterocycles. The standard InChI is InChI=1S/C18H20O4/c1-3-21-17(20)18(2,13-14-7-5-4-6-8-14)22-16-11-9-15(19)10-12-16/h4-12,19H,3,13H2,1-2H3/t18-/m1/s1. The topological polar surface area (TPSA) is 55.8 Å². The number of hydrogen-bond acceptors (Lipinski definition) is 4. The summed E-state index contributed by atoms with van der Waals surface area (Å²) in [6.07, 6.45) is 0.396. The molecule has 0 heterocycles. The van der Waals surface area contributed by atoms with Gasteiger partial charge in [-0.2, -0.15) is 0 Å². The van der Waals surface area contributed by atoms with E-state index in [0.29, 0.717) is 18.8 Å². The summed E-state index contributed by atoms with van der Waals surface area (Å²) in [6, 6.07) is 15.9. The highest BCUT2D eigenvalue weighted by Crippen LogP contribution is 2.25. The van der Waals surface area contributed by atoms with Gasteiger partial charge in [0.15, 0.2) is 0 Å². The number of ether oxygens (including phenoxy) is 2. The van der Waals surface area contributed by atoms with E-state index in [1.807, 2.05) is 30.3 Å². The molecule has 2 rings (SSSR count). The van der Waals surface area contributed by atoms with E-state index in [4.69, 9.17) is 9.47 Å². The van der Waals surface area contributed by atoms with Crippen molar-refractivity contribution in [1.82, 2.24) is 0 Å². The van der Waals surface area contributed by atoms with Crippen molar-refractivity contribution in [2.45, 2.75) is 25.9 Å². The van der Waals surface area contributed by atoms with Crippen LogP contribution in [0.15, 0.2) is 54.6 Å². The van der Waals surface area contributed by atoms with E-state index in [1.54, 1.807) is 26.0 Å². The Bertz CT molecular complexity index is 607. The molecule has 0 unspecified atom stereocenters. The molecule has 0 aliphatic rings. The summed E-state index contributed by atoms with van der Waals surface area (Å²) in [7, 11) is 0. The van der Waals surface area contributed by atoms with Gasteiger partial charge in [-0.05, 0) is 43.7 Å². The van der Waals surface area contributed by atoms with E-state index < -0.39 is 11.6 Å². The molecule has 1 atom stereocenters. The highest BCUT2D eigenvalue weighted by molar-refractivity contribution is 5.80. The molecule has 2 aromatic carbocycles. The third-order valence-corrected chi connectivity index (χ3v) is 3.27. The smallest absolute Gasteiger partial charge is 0.350 e. The Labute approximate surface area is 130 Å². The average molecular weight is 300 g/mol. The lowest BCUT2D eigenvalue weighted by Gasteiger charge is -2.28. The normalized spacial score (nSPS) is 13.2. The number of phenolic OH excluding ortho intramolecular Hbond substituents is 1. The van der Waals surface area contributed by atoms with Crippen molar-refractivity contribution in [3.8, 4) is 11.5 Å². The molecule has 0 spiro atoms. The van der Waals surface area contributed by atoms with Crippen LogP contribution < -0.4 is 4.74 Å². The maximum atomic E-state index is 12.3. The molecule has 1 N–H and O–H groups in total. The Morgan fingerprint density at radius 3 is 2.32 bits per heavy atom. The fraction of sp³-hybridized carbons (Fsp3) is 0.278. The molecule has 0 saturated heterocycles. The minimum absolute atomic E-state index is 0.147. The minimum Gasteiger partial charge on any atom is -0.508 e. The molecule has 0 aromatic heterocycles. The molecular weight excluding hydrogens is 280 g/mol. The summed E-state index contributed by atoms with van der Waals surface area (Å²) < 4.78 is 11.1. The highest BCUT2D eigenvalue weighted by Gasteiger charge is 2.37. The van der Waals surface area contributed by atoms with Crippen molar-refractivity contribution in [2.75, 3.05) is 6.61 Å². The Balaban J connectivity index is 2.24. The zero-order valence-electron chi connectivity index (χ0n) is 12.8. The first-order chi connectivity index (χ1) is 10.5. The van der Waals surface area contributed by atoms with Crippen LogP contribution in [-0.2, 0) is 16.0 Å². The van der Waals surface area contributed by atoms with Crippen molar-refractivity contribution < 1.29 is 19.4 Å². The Hall–Kier alpha value is -2.49. The molecule has 0 radical (unpaired) electrons. The van der Waals surface area contributed by atoms with Crippen LogP contribution >= 0.6 is 0 Å². The van der Waals surface area contributed by atoms with Crippen LogP contribution in [0.1, 0.15) is 19.4 Å². The molecule has 0 bridgehead atoms. The molecule has 4 heteroatoms. The number of phenols is 1. The molecular formula is C18H20O4. The zero-order chi connectivity index (χ0) is 16.0. The van der Waals surface area contributed by atoms with Gasteiger partial charge < -0.3 is 14.6 Å². The Morgan fingerprint density at radius 2 is 1.73 bits per heavy atom. The zero-order valence-corrected chi connectivity index (χ0v) is 12.8. The van der Waals surface area contributed by atoms with Gasteiger partial charge in [-0.3, -0.25) is 0 Å². The quantitative estimate of drug-likeness (QED) is 0.831. The summed E-state index contributed by atoms with van der Waals surface area (Å²) in [4.78, 5) is 12.3. The number of carbonyl (C=O) groups is 1. The molecule has 4 nitrogen and oxygen atoms in total. The number of carbonyl (C=O) groups excluding carboxylic acids is 1. The third-order valence-electron chi connectivity index (χ3n) is 3.27. The second kappa shape index (κ2) is 6.98. The Morgan fingerprint density at radius 1 is 1.09 bits per heavy atom. The largest absolute Gasteiger partial charge is 0.508 e. The van der Waals surface area contributed by atoms with E-state index in [1.165, 1.54) is 12.1 Å². The van der Waals surface area contributed by atoms with Gasteiger partial charge in [-0.25, -0.2) is 4.79 Å². The number of rotatable bonds is 6. The van der Waals surface area contributed by atoms with E-state index in [9.17, 15) is 9.90 Å². The van der Waals surface area contributed by atoms with E-state index in [-0.39, 0.29) is 5.75 Å². The van der Waals surface area contributed by atoms with E-state index >= 15 is 0 Å². The van der Waals surface area contributed by atoms with E-state index in [2.05, 4.69) is 0 Å². The van der Waals surface area contributed by atoms with Gasteiger partial charge in [0.2, 0.25) is 5.60 Å². The number of hydrogen-bond donors (Lipinski definition) is 1. The van der Waals surface area contributed by atoms with Crippen molar-refractivity contribution in [2.24, 2.45) is 0 Å². The number of aromatic hydroxyl groups is 1. The second-order valence-corrected chi connectivity index (χ2v) is 5.21. The number of esters is 1. The molecule has 0 fully saturated rings. The van der Waals surface area contributed by atoms with Crippen LogP contribution in [0.25, 0.3) is 0 Å². The van der Waals surface area contributed by atoms with Gasteiger partial charge in [0.25, 0.3) is 0 Å². The van der Waals surface area contributed by atoms with Crippen LogP contribution in [0.4, 0.5) is 0 Å². The third kappa shape index (κ3) is 4.01. The number of benzene rings is 2. The Kier molecular flexibility index (Phi) is 5.04. The lowest BCUT2D eigenvalue weighted by molar-refractivity contribution is -0.160. The van der Waals surface area contributed by atoms with E-state index in [0.717, 1.165) is 5.56 Å². The molecule has 116 valence electrons. The van der Waals surface area contributed by atoms with Gasteiger partial charge in [0.1, 0.15) is 11.5 Å². The SMILES string of the molecule is CCOC(=O)[C@@](C)(Cc1ccccc1)Oc1ccc(O)cc1. The summed E-state index contributed by atoms with van der Waals surface area (Å²) in [5.41, 5.74) is -0.147. The van der Waals surface area contributed by atoms with Crippen LogP contribution in [0.5, 0.6) is 11.5 Å².